The summed E-state index contributed by atoms with van der Waals surface area (Å²) in [5.41, 5.74) is -0.172. The van der Waals surface area contributed by atoms with Crippen molar-refractivity contribution < 1.29 is 9.72 Å². The molecule has 2 rings (SSSR count). The van der Waals surface area contributed by atoms with Crippen molar-refractivity contribution in [2.75, 3.05) is 5.32 Å². The minimum absolute atomic E-state index is 0.172. The summed E-state index contributed by atoms with van der Waals surface area (Å²) in [7, 11) is 0. The maximum absolute atomic E-state index is 12.0. The van der Waals surface area contributed by atoms with Crippen LogP contribution < -0.4 is 5.32 Å². The number of rotatable bonds is 4. The van der Waals surface area contributed by atoms with Gasteiger partial charge in [0, 0.05) is 6.20 Å². The molecule has 2 heterocycles. The Kier molecular flexibility index (Phi) is 3.94. The van der Waals surface area contributed by atoms with E-state index in [2.05, 4.69) is 15.4 Å². The zero-order valence-corrected chi connectivity index (χ0v) is 11.1. The second-order valence-corrected chi connectivity index (χ2v) is 4.40. The predicted molar refractivity (Wildman–Crippen MR) is 71.5 cm³/mol. The normalized spacial score (nSPS) is 11.9. The molecule has 1 atom stereocenters. The monoisotopic (exact) mass is 295 g/mol. The third-order valence-electron chi connectivity index (χ3n) is 2.55. The molecule has 8 nitrogen and oxygen atoms in total. The van der Waals surface area contributed by atoms with Gasteiger partial charge in [0.15, 0.2) is 0 Å². The van der Waals surface area contributed by atoms with Gasteiger partial charge >= 0.3 is 5.69 Å². The van der Waals surface area contributed by atoms with Gasteiger partial charge in [-0.2, -0.15) is 5.10 Å². The van der Waals surface area contributed by atoms with Crippen LogP contribution in [-0.4, -0.2) is 25.6 Å². The summed E-state index contributed by atoms with van der Waals surface area (Å²) in [4.78, 5) is 25.9. The molecule has 0 saturated heterocycles. The molecule has 0 aromatic carbocycles. The van der Waals surface area contributed by atoms with Crippen LogP contribution in [0.4, 0.5) is 11.5 Å². The number of carbonyl (C=O) groups excluding carboxylic acids is 1. The van der Waals surface area contributed by atoms with Gasteiger partial charge < -0.3 is 5.32 Å². The smallest absolute Gasteiger partial charge is 0.307 e. The van der Waals surface area contributed by atoms with Crippen LogP contribution in [0.3, 0.4) is 0 Å². The summed E-state index contributed by atoms with van der Waals surface area (Å²) in [5, 5.41) is 17.4. The van der Waals surface area contributed by atoms with Gasteiger partial charge in [-0.25, -0.2) is 4.98 Å². The Morgan fingerprint density at radius 1 is 1.50 bits per heavy atom. The third-order valence-corrected chi connectivity index (χ3v) is 2.78. The lowest BCUT2D eigenvalue weighted by atomic mass is 10.3. The first-order valence-corrected chi connectivity index (χ1v) is 5.96. The second-order valence-electron chi connectivity index (χ2n) is 3.96. The van der Waals surface area contributed by atoms with Crippen LogP contribution in [-0.2, 0) is 4.79 Å². The second kappa shape index (κ2) is 5.66. The van der Waals surface area contributed by atoms with Crippen LogP contribution in [0.1, 0.15) is 13.0 Å². The maximum Gasteiger partial charge on any atom is 0.307 e. The first-order valence-electron chi connectivity index (χ1n) is 5.58. The lowest BCUT2D eigenvalue weighted by Crippen LogP contribution is -2.24. The molecule has 104 valence electrons. The summed E-state index contributed by atoms with van der Waals surface area (Å²) in [5.74, 6) is -0.0503. The fourth-order valence-electron chi connectivity index (χ4n) is 1.43. The highest BCUT2D eigenvalue weighted by molar-refractivity contribution is 6.30. The molecule has 20 heavy (non-hydrogen) atoms. The van der Waals surface area contributed by atoms with Gasteiger partial charge in [0.25, 0.3) is 0 Å². The molecule has 1 unspecified atom stereocenters. The van der Waals surface area contributed by atoms with E-state index < -0.39 is 16.9 Å². The number of nitrogens with zero attached hydrogens (tertiary/aromatic N) is 4. The van der Waals surface area contributed by atoms with Crippen LogP contribution >= 0.6 is 11.6 Å². The highest BCUT2D eigenvalue weighted by Gasteiger charge is 2.19. The zero-order chi connectivity index (χ0) is 14.7. The molecule has 1 amide bonds. The summed E-state index contributed by atoms with van der Waals surface area (Å²) in [6, 6.07) is 2.44. The van der Waals surface area contributed by atoms with Gasteiger partial charge in [0.05, 0.1) is 9.95 Å². The number of nitrogens with one attached hydrogen (secondary N) is 1. The lowest BCUT2D eigenvalue weighted by molar-refractivity contribution is -0.385. The topological polar surface area (TPSA) is 103 Å². The molecule has 0 aliphatic heterocycles. The van der Waals surface area contributed by atoms with Crippen LogP contribution in [0.2, 0.25) is 5.02 Å². The van der Waals surface area contributed by atoms with Crippen LogP contribution in [0.25, 0.3) is 0 Å². The molecular formula is C11H10ClN5O3. The number of amides is 1. The Hall–Kier alpha value is -2.48. The van der Waals surface area contributed by atoms with E-state index in [9.17, 15) is 14.9 Å². The van der Waals surface area contributed by atoms with Crippen molar-refractivity contribution in [2.24, 2.45) is 0 Å². The van der Waals surface area contributed by atoms with E-state index in [1.54, 1.807) is 19.1 Å². The predicted octanol–water partition coefficient (Wildman–Crippen LogP) is 2.04. The number of nitro groups is 1. The number of anilines is 1. The molecular weight excluding hydrogens is 286 g/mol. The van der Waals surface area contributed by atoms with Gasteiger partial charge in [-0.3, -0.25) is 19.6 Å². The van der Waals surface area contributed by atoms with Crippen molar-refractivity contribution in [3.8, 4) is 0 Å². The number of hydrogen-bond acceptors (Lipinski definition) is 5. The van der Waals surface area contributed by atoms with E-state index in [0.717, 1.165) is 6.20 Å². The first kappa shape index (κ1) is 13.9. The van der Waals surface area contributed by atoms with E-state index in [4.69, 9.17) is 11.6 Å². The van der Waals surface area contributed by atoms with Crippen LogP contribution in [0, 0.1) is 10.1 Å². The SMILES string of the molecule is CC(C(=O)Nc1ccc(Cl)cn1)n1cc([N+](=O)[O-])cn1. The number of aromatic nitrogens is 3. The van der Waals surface area contributed by atoms with E-state index in [1.165, 1.54) is 17.1 Å². The molecule has 2 aromatic heterocycles. The molecule has 0 aliphatic rings. The van der Waals surface area contributed by atoms with E-state index in [1.807, 2.05) is 0 Å². The van der Waals surface area contributed by atoms with Crippen molar-refractivity contribution in [1.29, 1.82) is 0 Å². The van der Waals surface area contributed by atoms with Crippen molar-refractivity contribution in [3.63, 3.8) is 0 Å². The highest BCUT2D eigenvalue weighted by atomic mass is 35.5. The Morgan fingerprint density at radius 3 is 2.80 bits per heavy atom. The first-order chi connectivity index (χ1) is 9.47. The fraction of sp³-hybridized carbons (Fsp3) is 0.182. The van der Waals surface area contributed by atoms with Gasteiger partial charge in [-0.15, -0.1) is 0 Å². The molecule has 0 spiro atoms. The minimum Gasteiger partial charge on any atom is -0.309 e. The van der Waals surface area contributed by atoms with Crippen LogP contribution in [0.5, 0.6) is 0 Å². The quantitative estimate of drug-likeness (QED) is 0.686. The molecule has 0 bridgehead atoms. The lowest BCUT2D eigenvalue weighted by Gasteiger charge is -2.11. The largest absolute Gasteiger partial charge is 0.309 e. The standard InChI is InChI=1S/C11H10ClN5O3/c1-7(16-6-9(5-14-16)17(19)20)11(18)15-10-3-2-8(12)4-13-10/h2-7H,1H3,(H,13,15,18). The molecule has 0 aliphatic carbocycles. The van der Waals surface area contributed by atoms with Crippen molar-refractivity contribution >= 4 is 29.0 Å². The Labute approximate surface area is 118 Å². The highest BCUT2D eigenvalue weighted by Crippen LogP contribution is 2.15. The van der Waals surface area contributed by atoms with E-state index in [-0.39, 0.29) is 5.69 Å². The minimum atomic E-state index is -0.707. The molecule has 0 saturated carbocycles. The summed E-state index contributed by atoms with van der Waals surface area (Å²) >= 11 is 5.69. The van der Waals surface area contributed by atoms with E-state index in [0.29, 0.717) is 10.8 Å². The van der Waals surface area contributed by atoms with Crippen molar-refractivity contribution in [3.05, 3.63) is 45.9 Å². The number of carbonyl (C=O) groups is 1. The summed E-state index contributed by atoms with van der Waals surface area (Å²) < 4.78 is 1.21. The summed E-state index contributed by atoms with van der Waals surface area (Å²) in [6.45, 7) is 1.57. The average molecular weight is 296 g/mol. The average Bonchev–Trinajstić information content (AvgIpc) is 2.90. The van der Waals surface area contributed by atoms with Crippen molar-refractivity contribution in [1.82, 2.24) is 14.8 Å². The van der Waals surface area contributed by atoms with Gasteiger partial charge in [-0.1, -0.05) is 11.6 Å². The number of pyridine rings is 1. The van der Waals surface area contributed by atoms with Crippen molar-refractivity contribution in [2.45, 2.75) is 13.0 Å². The van der Waals surface area contributed by atoms with Gasteiger partial charge in [0.1, 0.15) is 24.3 Å². The third kappa shape index (κ3) is 3.09. The number of hydrogen-bond donors (Lipinski definition) is 1. The number of halogens is 1. The molecule has 9 heteroatoms. The molecule has 0 fully saturated rings. The fourth-order valence-corrected chi connectivity index (χ4v) is 1.55. The van der Waals surface area contributed by atoms with Gasteiger partial charge in [-0.05, 0) is 19.1 Å². The van der Waals surface area contributed by atoms with Crippen LogP contribution in [0.15, 0.2) is 30.7 Å². The Balaban J connectivity index is 2.07. The Bertz CT molecular complexity index is 640. The molecule has 0 radical (unpaired) electrons. The van der Waals surface area contributed by atoms with E-state index >= 15 is 0 Å². The maximum atomic E-state index is 12.0. The zero-order valence-electron chi connectivity index (χ0n) is 10.4. The van der Waals surface area contributed by atoms with Gasteiger partial charge in [0.2, 0.25) is 5.91 Å². The Morgan fingerprint density at radius 2 is 2.25 bits per heavy atom. The molecule has 1 N–H and O–H groups in total. The summed E-state index contributed by atoms with van der Waals surface area (Å²) in [6.07, 6.45) is 3.68. The molecule has 2 aromatic rings.